The Morgan fingerprint density at radius 1 is 0.450 bits per heavy atom. The minimum atomic E-state index is 1.31. The molecule has 0 saturated heterocycles. The van der Waals surface area contributed by atoms with Crippen LogP contribution in [0.25, 0.3) is 0 Å². The van der Waals surface area contributed by atoms with E-state index in [1.807, 2.05) is 0 Å². The zero-order valence-corrected chi connectivity index (χ0v) is 15.1. The molecule has 0 fully saturated rings. The molecule has 0 aliphatic heterocycles. The van der Waals surface area contributed by atoms with Gasteiger partial charge >= 0.3 is 0 Å². The highest BCUT2D eigenvalue weighted by atomic mass is 15.3. The van der Waals surface area contributed by atoms with E-state index in [4.69, 9.17) is 0 Å². The van der Waals surface area contributed by atoms with Crippen LogP contribution >= 0.6 is 0 Å². The fraction of sp³-hybridized carbons (Fsp3) is 1.00. The fourth-order valence-corrected chi connectivity index (χ4v) is 3.26. The molecule has 0 saturated carbocycles. The SMILES string of the molecule is CCCCCCCCCCCCC[N+](CC)(CC)CC. The van der Waals surface area contributed by atoms with Crippen LogP contribution in [0, 0.1) is 0 Å². The van der Waals surface area contributed by atoms with Crippen molar-refractivity contribution in [1.82, 2.24) is 0 Å². The lowest BCUT2D eigenvalue weighted by atomic mass is 10.1. The van der Waals surface area contributed by atoms with Crippen molar-refractivity contribution in [2.45, 2.75) is 98.3 Å². The summed E-state index contributed by atoms with van der Waals surface area (Å²) >= 11 is 0. The van der Waals surface area contributed by atoms with Gasteiger partial charge in [0.2, 0.25) is 0 Å². The first-order chi connectivity index (χ1) is 9.74. The summed E-state index contributed by atoms with van der Waals surface area (Å²) in [5.41, 5.74) is 0. The van der Waals surface area contributed by atoms with Gasteiger partial charge in [0.25, 0.3) is 0 Å². The molecular weight excluding hydrogens is 242 g/mol. The van der Waals surface area contributed by atoms with Crippen LogP contribution in [-0.2, 0) is 0 Å². The molecule has 0 atom stereocenters. The highest BCUT2D eigenvalue weighted by Crippen LogP contribution is 2.13. The molecule has 0 rings (SSSR count). The van der Waals surface area contributed by atoms with E-state index in [2.05, 4.69) is 27.7 Å². The van der Waals surface area contributed by atoms with Crippen LogP contribution in [0.15, 0.2) is 0 Å². The summed E-state index contributed by atoms with van der Waals surface area (Å²) in [6.07, 6.45) is 16.0. The number of rotatable bonds is 15. The van der Waals surface area contributed by atoms with Crippen LogP contribution in [0.2, 0.25) is 0 Å². The summed E-state index contributed by atoms with van der Waals surface area (Å²) in [6, 6.07) is 0. The summed E-state index contributed by atoms with van der Waals surface area (Å²) in [5.74, 6) is 0. The van der Waals surface area contributed by atoms with Crippen molar-refractivity contribution < 1.29 is 4.48 Å². The van der Waals surface area contributed by atoms with Crippen molar-refractivity contribution in [2.24, 2.45) is 0 Å². The Kier molecular flexibility index (Phi) is 13.9. The molecule has 1 heteroatoms. The van der Waals surface area contributed by atoms with Crippen LogP contribution in [-0.4, -0.2) is 30.7 Å². The summed E-state index contributed by atoms with van der Waals surface area (Å²) in [7, 11) is 0. The number of quaternary nitrogens is 1. The smallest absolute Gasteiger partial charge is 0.0786 e. The van der Waals surface area contributed by atoms with Crippen LogP contribution < -0.4 is 0 Å². The van der Waals surface area contributed by atoms with Crippen LogP contribution in [0.5, 0.6) is 0 Å². The van der Waals surface area contributed by atoms with Gasteiger partial charge in [0, 0.05) is 0 Å². The molecule has 0 N–H and O–H groups in total. The van der Waals surface area contributed by atoms with Gasteiger partial charge in [-0.05, 0) is 33.6 Å². The van der Waals surface area contributed by atoms with Gasteiger partial charge in [-0.15, -0.1) is 0 Å². The normalized spacial score (nSPS) is 12.0. The number of unbranched alkanes of at least 4 members (excludes halogenated alkanes) is 10. The third kappa shape index (κ3) is 9.80. The molecule has 20 heavy (non-hydrogen) atoms. The van der Waals surface area contributed by atoms with E-state index in [1.54, 1.807) is 0 Å². The molecule has 0 aliphatic rings. The highest BCUT2D eigenvalue weighted by Gasteiger charge is 2.19. The molecule has 0 bridgehead atoms. The Bertz CT molecular complexity index is 176. The van der Waals surface area contributed by atoms with Crippen molar-refractivity contribution >= 4 is 0 Å². The van der Waals surface area contributed by atoms with E-state index in [9.17, 15) is 0 Å². The van der Waals surface area contributed by atoms with Crippen LogP contribution in [0.4, 0.5) is 0 Å². The molecule has 0 heterocycles. The van der Waals surface area contributed by atoms with Crippen molar-refractivity contribution in [2.75, 3.05) is 26.2 Å². The number of hydrogen-bond acceptors (Lipinski definition) is 0. The summed E-state index contributed by atoms with van der Waals surface area (Å²) < 4.78 is 1.33. The summed E-state index contributed by atoms with van der Waals surface area (Å²) in [4.78, 5) is 0. The van der Waals surface area contributed by atoms with Crippen molar-refractivity contribution in [3.05, 3.63) is 0 Å². The topological polar surface area (TPSA) is 0 Å². The van der Waals surface area contributed by atoms with Gasteiger partial charge < -0.3 is 4.48 Å². The van der Waals surface area contributed by atoms with Crippen molar-refractivity contribution in [3.8, 4) is 0 Å². The number of nitrogens with zero attached hydrogens (tertiary/aromatic N) is 1. The van der Waals surface area contributed by atoms with E-state index >= 15 is 0 Å². The fourth-order valence-electron chi connectivity index (χ4n) is 3.26. The van der Waals surface area contributed by atoms with Gasteiger partial charge in [0.1, 0.15) is 0 Å². The predicted octanol–water partition coefficient (Wildman–Crippen LogP) is 6.17. The molecule has 0 unspecified atom stereocenters. The maximum Gasteiger partial charge on any atom is 0.0786 e. The predicted molar refractivity (Wildman–Crippen MR) is 93.2 cm³/mol. The molecule has 0 aromatic carbocycles. The van der Waals surface area contributed by atoms with E-state index in [-0.39, 0.29) is 0 Å². The molecular formula is C19H42N+. The molecule has 1 nitrogen and oxygen atoms in total. The van der Waals surface area contributed by atoms with E-state index in [0.717, 1.165) is 0 Å². The zero-order chi connectivity index (χ0) is 15.1. The first-order valence-electron chi connectivity index (χ1n) is 9.59. The lowest BCUT2D eigenvalue weighted by Gasteiger charge is -2.35. The summed E-state index contributed by atoms with van der Waals surface area (Å²) in [6.45, 7) is 14.7. The van der Waals surface area contributed by atoms with Crippen molar-refractivity contribution in [3.63, 3.8) is 0 Å². The van der Waals surface area contributed by atoms with Crippen molar-refractivity contribution in [1.29, 1.82) is 0 Å². The standard InChI is InChI=1S/C19H42N/c1-5-9-10-11-12-13-14-15-16-17-18-19-20(6-2,7-3)8-4/h5-19H2,1-4H3/q+1. The number of hydrogen-bond donors (Lipinski definition) is 0. The monoisotopic (exact) mass is 284 g/mol. The van der Waals surface area contributed by atoms with E-state index < -0.39 is 0 Å². The second-order valence-corrected chi connectivity index (χ2v) is 6.55. The average molecular weight is 285 g/mol. The molecule has 0 radical (unpaired) electrons. The van der Waals surface area contributed by atoms with Gasteiger partial charge in [0.15, 0.2) is 0 Å². The van der Waals surface area contributed by atoms with Crippen LogP contribution in [0.1, 0.15) is 98.3 Å². The van der Waals surface area contributed by atoms with E-state index in [1.165, 1.54) is 101 Å². The molecule has 0 spiro atoms. The quantitative estimate of drug-likeness (QED) is 0.249. The minimum Gasteiger partial charge on any atom is -0.324 e. The lowest BCUT2D eigenvalue weighted by molar-refractivity contribution is -0.923. The Morgan fingerprint density at radius 3 is 1.15 bits per heavy atom. The molecule has 122 valence electrons. The molecule has 0 aromatic rings. The largest absolute Gasteiger partial charge is 0.324 e. The Balaban J connectivity index is 3.32. The molecule has 0 aliphatic carbocycles. The first-order valence-corrected chi connectivity index (χ1v) is 9.59. The second-order valence-electron chi connectivity index (χ2n) is 6.55. The van der Waals surface area contributed by atoms with Gasteiger partial charge in [-0.3, -0.25) is 0 Å². The molecule has 0 amide bonds. The maximum absolute atomic E-state index is 2.35. The second kappa shape index (κ2) is 13.9. The third-order valence-electron chi connectivity index (χ3n) is 5.25. The van der Waals surface area contributed by atoms with Gasteiger partial charge in [-0.1, -0.05) is 64.7 Å². The summed E-state index contributed by atoms with van der Waals surface area (Å²) in [5, 5.41) is 0. The average Bonchev–Trinajstić information content (AvgIpc) is 2.49. The first kappa shape index (κ1) is 20.0. The Morgan fingerprint density at radius 2 is 0.800 bits per heavy atom. The highest BCUT2D eigenvalue weighted by molar-refractivity contribution is 4.48. The minimum absolute atomic E-state index is 1.31. The van der Waals surface area contributed by atoms with E-state index in [0.29, 0.717) is 0 Å². The van der Waals surface area contributed by atoms with Gasteiger partial charge in [-0.2, -0.15) is 0 Å². The zero-order valence-electron chi connectivity index (χ0n) is 15.1. The lowest BCUT2D eigenvalue weighted by Crippen LogP contribution is -2.48. The van der Waals surface area contributed by atoms with Gasteiger partial charge in [-0.25, -0.2) is 0 Å². The molecule has 0 aromatic heterocycles. The third-order valence-corrected chi connectivity index (χ3v) is 5.25. The Labute approximate surface area is 129 Å². The van der Waals surface area contributed by atoms with Crippen LogP contribution in [0.3, 0.4) is 0 Å². The van der Waals surface area contributed by atoms with Gasteiger partial charge in [0.05, 0.1) is 26.2 Å². The Hall–Kier alpha value is -0.0400. The maximum atomic E-state index is 2.35.